The van der Waals surface area contributed by atoms with Gasteiger partial charge in [-0.25, -0.2) is 0 Å². The van der Waals surface area contributed by atoms with Crippen LogP contribution in [0.3, 0.4) is 0 Å². The second-order valence-electron chi connectivity index (χ2n) is 7.89. The topological polar surface area (TPSA) is 9.23 Å². The first kappa shape index (κ1) is 19.9. The van der Waals surface area contributed by atoms with Crippen LogP contribution in [0.1, 0.15) is 69.4 Å². The van der Waals surface area contributed by atoms with E-state index in [1.807, 2.05) is 0 Å². The molecule has 1 aliphatic rings. The zero-order chi connectivity index (χ0) is 18.9. The van der Waals surface area contributed by atoms with Crippen molar-refractivity contribution in [3.8, 4) is 11.1 Å². The molecular weight excluding hydrogens is 328 g/mol. The van der Waals surface area contributed by atoms with Gasteiger partial charge in [0.25, 0.3) is 0 Å². The predicted octanol–water partition coefficient (Wildman–Crippen LogP) is 7.52. The molecule has 2 aromatic carbocycles. The Morgan fingerprint density at radius 1 is 0.889 bits per heavy atom. The first-order chi connectivity index (χ1) is 13.3. The van der Waals surface area contributed by atoms with Gasteiger partial charge in [-0.05, 0) is 79.5 Å². The van der Waals surface area contributed by atoms with Gasteiger partial charge in [0.15, 0.2) is 0 Å². The van der Waals surface area contributed by atoms with Crippen LogP contribution in [0.5, 0.6) is 0 Å². The first-order valence-electron chi connectivity index (χ1n) is 10.7. The Bertz CT molecular complexity index is 688. The number of benzene rings is 2. The molecule has 0 atom stereocenters. The van der Waals surface area contributed by atoms with Crippen molar-refractivity contribution in [2.24, 2.45) is 5.92 Å². The summed E-state index contributed by atoms with van der Waals surface area (Å²) in [5, 5.41) is 0. The summed E-state index contributed by atoms with van der Waals surface area (Å²) in [4.78, 5) is 0. The molecule has 27 heavy (non-hydrogen) atoms. The summed E-state index contributed by atoms with van der Waals surface area (Å²) in [7, 11) is 0. The minimum Gasteiger partial charge on any atom is -0.377 e. The zero-order valence-electron chi connectivity index (χ0n) is 17.0. The van der Waals surface area contributed by atoms with E-state index < -0.39 is 0 Å². The van der Waals surface area contributed by atoms with Crippen molar-refractivity contribution < 1.29 is 4.74 Å². The molecule has 0 aromatic heterocycles. The highest BCUT2D eigenvalue weighted by Gasteiger charge is 2.21. The van der Waals surface area contributed by atoms with Crippen LogP contribution in [-0.4, -0.2) is 6.61 Å². The molecule has 0 radical (unpaired) electrons. The summed E-state index contributed by atoms with van der Waals surface area (Å²) in [5.74, 6) is 1.65. The third kappa shape index (κ3) is 5.81. The van der Waals surface area contributed by atoms with Gasteiger partial charge in [-0.2, -0.15) is 0 Å². The van der Waals surface area contributed by atoms with Gasteiger partial charge in [0.05, 0.1) is 6.61 Å². The number of allylic oxidation sites excluding steroid dienone is 2. The second kappa shape index (κ2) is 10.5. The van der Waals surface area contributed by atoms with E-state index in [-0.39, 0.29) is 0 Å². The lowest BCUT2D eigenvalue weighted by Gasteiger charge is -2.28. The molecule has 0 bridgehead atoms. The molecule has 1 nitrogen and oxygen atoms in total. The fourth-order valence-corrected chi connectivity index (χ4v) is 4.14. The average Bonchev–Trinajstić information content (AvgIpc) is 2.73. The third-order valence-corrected chi connectivity index (χ3v) is 5.84. The van der Waals surface area contributed by atoms with E-state index >= 15 is 0 Å². The molecule has 0 saturated heterocycles. The first-order valence-corrected chi connectivity index (χ1v) is 10.7. The molecule has 2 aromatic rings. The van der Waals surface area contributed by atoms with E-state index in [0.717, 1.165) is 24.9 Å². The van der Waals surface area contributed by atoms with Crippen LogP contribution in [-0.2, 0) is 11.3 Å². The highest BCUT2D eigenvalue weighted by atomic mass is 16.5. The molecule has 1 heteroatoms. The van der Waals surface area contributed by atoms with E-state index in [1.54, 1.807) is 0 Å². The summed E-state index contributed by atoms with van der Waals surface area (Å²) in [5.41, 5.74) is 5.36. The van der Waals surface area contributed by atoms with Gasteiger partial charge in [0.2, 0.25) is 0 Å². The molecule has 0 amide bonds. The summed E-state index contributed by atoms with van der Waals surface area (Å²) < 4.78 is 5.62. The molecule has 1 aliphatic carbocycles. The molecule has 0 unspecified atom stereocenters. The van der Waals surface area contributed by atoms with E-state index in [0.29, 0.717) is 6.61 Å². The summed E-state index contributed by atoms with van der Waals surface area (Å²) in [6.45, 7) is 5.81. The zero-order valence-corrected chi connectivity index (χ0v) is 17.0. The highest BCUT2D eigenvalue weighted by Crippen LogP contribution is 2.37. The van der Waals surface area contributed by atoms with Gasteiger partial charge in [0, 0.05) is 6.61 Å². The number of ether oxygens (including phenoxy) is 1. The van der Waals surface area contributed by atoms with E-state index in [4.69, 9.17) is 4.74 Å². The maximum atomic E-state index is 5.62. The normalized spacial score (nSPS) is 20.2. The summed E-state index contributed by atoms with van der Waals surface area (Å²) in [6.07, 6.45) is 12.3. The minimum absolute atomic E-state index is 0.712. The Balaban J connectivity index is 1.56. The summed E-state index contributed by atoms with van der Waals surface area (Å²) in [6, 6.07) is 18.1. The largest absolute Gasteiger partial charge is 0.377 e. The lowest BCUT2D eigenvalue weighted by atomic mass is 9.77. The van der Waals surface area contributed by atoms with Crippen molar-refractivity contribution in [2.45, 2.75) is 64.9 Å². The fraction of sp³-hybridized carbons (Fsp3) is 0.462. The van der Waals surface area contributed by atoms with Crippen molar-refractivity contribution >= 4 is 0 Å². The van der Waals surface area contributed by atoms with E-state index in [1.165, 1.54) is 54.4 Å². The monoisotopic (exact) mass is 362 g/mol. The van der Waals surface area contributed by atoms with Crippen LogP contribution in [0.2, 0.25) is 0 Å². The maximum Gasteiger partial charge on any atom is 0.0716 e. The fourth-order valence-electron chi connectivity index (χ4n) is 4.14. The average molecular weight is 363 g/mol. The maximum absolute atomic E-state index is 5.62. The lowest BCUT2D eigenvalue weighted by Crippen LogP contribution is -2.12. The Morgan fingerprint density at radius 2 is 1.52 bits per heavy atom. The van der Waals surface area contributed by atoms with Crippen LogP contribution in [0, 0.1) is 5.92 Å². The molecule has 0 N–H and O–H groups in total. The van der Waals surface area contributed by atoms with E-state index in [2.05, 4.69) is 74.5 Å². The minimum atomic E-state index is 0.712. The molecule has 3 rings (SSSR count). The Hall–Kier alpha value is -1.86. The van der Waals surface area contributed by atoms with Gasteiger partial charge in [-0.15, -0.1) is 0 Å². The van der Waals surface area contributed by atoms with Crippen LogP contribution in [0.15, 0.2) is 60.7 Å². The Labute approximate surface area is 165 Å². The highest BCUT2D eigenvalue weighted by molar-refractivity contribution is 5.64. The summed E-state index contributed by atoms with van der Waals surface area (Å²) >= 11 is 0. The van der Waals surface area contributed by atoms with Crippen molar-refractivity contribution in [1.82, 2.24) is 0 Å². The van der Waals surface area contributed by atoms with E-state index in [9.17, 15) is 0 Å². The van der Waals surface area contributed by atoms with Gasteiger partial charge in [0.1, 0.15) is 0 Å². The van der Waals surface area contributed by atoms with Crippen molar-refractivity contribution in [1.29, 1.82) is 0 Å². The Morgan fingerprint density at radius 3 is 2.11 bits per heavy atom. The number of rotatable bonds is 8. The van der Waals surface area contributed by atoms with Gasteiger partial charge in [-0.1, -0.05) is 67.6 Å². The van der Waals surface area contributed by atoms with Gasteiger partial charge in [-0.3, -0.25) is 0 Å². The van der Waals surface area contributed by atoms with Crippen LogP contribution in [0.25, 0.3) is 11.1 Å². The van der Waals surface area contributed by atoms with Crippen molar-refractivity contribution in [2.75, 3.05) is 6.61 Å². The Kier molecular flexibility index (Phi) is 7.71. The standard InChI is InChI=1S/C26H34O/c1-3-5-6-21-7-11-23(12-8-21)25-15-17-26(18-16-25)24-13-9-22(10-14-24)20-27-19-4-2/h3,5,9-10,13-18,21,23H,4,6-8,11-12,19-20H2,1-2H3/t21-,23-. The van der Waals surface area contributed by atoms with Crippen molar-refractivity contribution in [3.05, 3.63) is 71.8 Å². The number of hydrogen-bond donors (Lipinski definition) is 0. The molecule has 0 heterocycles. The lowest BCUT2D eigenvalue weighted by molar-refractivity contribution is 0.121. The molecule has 0 aliphatic heterocycles. The molecule has 144 valence electrons. The molecule has 0 spiro atoms. The SMILES string of the molecule is CC=CC[C@H]1CC[C@H](c2ccc(-c3ccc(COCCC)cc3)cc2)CC1. The third-order valence-electron chi connectivity index (χ3n) is 5.84. The van der Waals surface area contributed by atoms with Crippen LogP contribution in [0.4, 0.5) is 0 Å². The molecular formula is C26H34O. The van der Waals surface area contributed by atoms with Crippen LogP contribution < -0.4 is 0 Å². The predicted molar refractivity (Wildman–Crippen MR) is 116 cm³/mol. The second-order valence-corrected chi connectivity index (χ2v) is 7.89. The van der Waals surface area contributed by atoms with Gasteiger partial charge < -0.3 is 4.74 Å². The van der Waals surface area contributed by atoms with Gasteiger partial charge >= 0.3 is 0 Å². The molecule has 1 fully saturated rings. The smallest absolute Gasteiger partial charge is 0.0716 e. The quantitative estimate of drug-likeness (QED) is 0.348. The van der Waals surface area contributed by atoms with Crippen LogP contribution >= 0.6 is 0 Å². The number of hydrogen-bond acceptors (Lipinski definition) is 1. The van der Waals surface area contributed by atoms with Crippen molar-refractivity contribution in [3.63, 3.8) is 0 Å². The molecule has 1 saturated carbocycles.